The number of anilines is 1. The average Bonchev–Trinajstić information content (AvgIpc) is 3.11. The Labute approximate surface area is 140 Å². The van der Waals surface area contributed by atoms with E-state index in [9.17, 15) is 4.79 Å². The van der Waals surface area contributed by atoms with E-state index in [-0.39, 0.29) is 5.91 Å². The number of hydrogen-bond acceptors (Lipinski definition) is 5. The van der Waals surface area contributed by atoms with Crippen molar-refractivity contribution in [1.29, 1.82) is 0 Å². The zero-order valence-corrected chi connectivity index (χ0v) is 14.1. The standard InChI is InChI=1S/C17H22N4OS/c1-12(14-3-2-8-18-10-14)9-17(22)19-15-6-4-13(5-7-15)16-11-23-21-20-16/h4-7,11-12,14,18H,2-3,8-10H2,1H3,(H,19,22)/t12-,14-/m0/s1. The minimum atomic E-state index is 0.0890. The minimum Gasteiger partial charge on any atom is -0.326 e. The molecule has 2 N–H and O–H groups in total. The molecule has 0 spiro atoms. The number of piperidine rings is 1. The Morgan fingerprint density at radius 2 is 2.26 bits per heavy atom. The lowest BCUT2D eigenvalue weighted by Crippen LogP contribution is -2.34. The Hall–Kier alpha value is -1.79. The van der Waals surface area contributed by atoms with E-state index in [0.29, 0.717) is 18.3 Å². The first-order valence-corrected chi connectivity index (χ1v) is 8.94. The highest BCUT2D eigenvalue weighted by Gasteiger charge is 2.22. The highest BCUT2D eigenvalue weighted by atomic mass is 32.1. The smallest absolute Gasteiger partial charge is 0.224 e. The van der Waals surface area contributed by atoms with Gasteiger partial charge in [0, 0.05) is 23.1 Å². The van der Waals surface area contributed by atoms with E-state index in [4.69, 9.17) is 0 Å². The third-order valence-electron chi connectivity index (χ3n) is 4.47. The molecule has 1 aromatic heterocycles. The lowest BCUT2D eigenvalue weighted by Gasteiger charge is -2.28. The van der Waals surface area contributed by atoms with Crippen LogP contribution in [-0.2, 0) is 4.79 Å². The van der Waals surface area contributed by atoms with Crippen LogP contribution in [0.15, 0.2) is 29.6 Å². The summed E-state index contributed by atoms with van der Waals surface area (Å²) in [6.45, 7) is 4.32. The maximum Gasteiger partial charge on any atom is 0.224 e. The van der Waals surface area contributed by atoms with Crippen LogP contribution in [0, 0.1) is 11.8 Å². The molecule has 3 rings (SSSR count). The summed E-state index contributed by atoms with van der Waals surface area (Å²) in [5, 5.41) is 12.4. The van der Waals surface area contributed by atoms with Crippen LogP contribution < -0.4 is 10.6 Å². The Kier molecular flexibility index (Phi) is 5.35. The van der Waals surface area contributed by atoms with E-state index >= 15 is 0 Å². The second-order valence-electron chi connectivity index (χ2n) is 6.20. The summed E-state index contributed by atoms with van der Waals surface area (Å²) in [4.78, 5) is 12.2. The molecule has 0 unspecified atom stereocenters. The van der Waals surface area contributed by atoms with E-state index in [1.165, 1.54) is 24.4 Å². The molecular formula is C17H22N4OS. The number of rotatable bonds is 5. The van der Waals surface area contributed by atoms with Gasteiger partial charge in [0.25, 0.3) is 0 Å². The van der Waals surface area contributed by atoms with E-state index in [2.05, 4.69) is 27.1 Å². The van der Waals surface area contributed by atoms with Crippen LogP contribution >= 0.6 is 11.5 Å². The van der Waals surface area contributed by atoms with Crippen molar-refractivity contribution in [3.8, 4) is 11.3 Å². The molecule has 1 aliphatic rings. The number of carbonyl (C=O) groups is 1. The fourth-order valence-corrected chi connectivity index (χ4v) is 3.52. The Bertz CT molecular complexity index is 621. The van der Waals surface area contributed by atoms with Gasteiger partial charge in [-0.05, 0) is 61.4 Å². The third kappa shape index (κ3) is 4.36. The molecule has 2 aromatic rings. The van der Waals surface area contributed by atoms with Gasteiger partial charge in [0.2, 0.25) is 5.91 Å². The number of amides is 1. The number of hydrogen-bond donors (Lipinski definition) is 2. The fourth-order valence-electron chi connectivity index (χ4n) is 3.05. The molecule has 0 radical (unpaired) electrons. The maximum absolute atomic E-state index is 12.2. The van der Waals surface area contributed by atoms with Gasteiger partial charge in [-0.1, -0.05) is 23.5 Å². The summed E-state index contributed by atoms with van der Waals surface area (Å²) in [6.07, 6.45) is 3.01. The number of benzene rings is 1. The summed E-state index contributed by atoms with van der Waals surface area (Å²) in [6, 6.07) is 7.75. The lowest BCUT2D eigenvalue weighted by molar-refractivity contribution is -0.117. The topological polar surface area (TPSA) is 66.9 Å². The normalized spacial score (nSPS) is 19.3. The van der Waals surface area contributed by atoms with E-state index in [0.717, 1.165) is 30.0 Å². The average molecular weight is 330 g/mol. The Morgan fingerprint density at radius 3 is 2.91 bits per heavy atom. The second-order valence-corrected chi connectivity index (χ2v) is 6.81. The van der Waals surface area contributed by atoms with Gasteiger partial charge in [-0.3, -0.25) is 4.79 Å². The monoisotopic (exact) mass is 330 g/mol. The van der Waals surface area contributed by atoms with Gasteiger partial charge < -0.3 is 10.6 Å². The molecule has 1 aliphatic heterocycles. The van der Waals surface area contributed by atoms with Gasteiger partial charge in [-0.15, -0.1) is 5.10 Å². The van der Waals surface area contributed by atoms with Crippen molar-refractivity contribution in [2.24, 2.45) is 11.8 Å². The van der Waals surface area contributed by atoms with Crippen molar-refractivity contribution >= 4 is 23.1 Å². The summed E-state index contributed by atoms with van der Waals surface area (Å²) in [5.41, 5.74) is 2.71. The maximum atomic E-state index is 12.2. The molecule has 0 bridgehead atoms. The number of nitrogens with one attached hydrogen (secondary N) is 2. The van der Waals surface area contributed by atoms with Gasteiger partial charge in [0.05, 0.1) is 0 Å². The van der Waals surface area contributed by atoms with Gasteiger partial charge in [-0.25, -0.2) is 0 Å². The Morgan fingerprint density at radius 1 is 1.43 bits per heavy atom. The molecule has 2 heterocycles. The number of nitrogens with zero attached hydrogens (tertiary/aromatic N) is 2. The van der Waals surface area contributed by atoms with Crippen LogP contribution in [0.4, 0.5) is 5.69 Å². The first-order valence-electron chi connectivity index (χ1n) is 8.10. The van der Waals surface area contributed by atoms with Crippen molar-refractivity contribution < 1.29 is 4.79 Å². The van der Waals surface area contributed by atoms with Crippen molar-refractivity contribution in [3.63, 3.8) is 0 Å². The fraction of sp³-hybridized carbons (Fsp3) is 0.471. The molecule has 0 saturated carbocycles. The highest BCUT2D eigenvalue weighted by Crippen LogP contribution is 2.24. The molecule has 6 heteroatoms. The van der Waals surface area contributed by atoms with Crippen molar-refractivity contribution in [2.75, 3.05) is 18.4 Å². The molecular weight excluding hydrogens is 308 g/mol. The van der Waals surface area contributed by atoms with Crippen LogP contribution in [-0.4, -0.2) is 28.6 Å². The van der Waals surface area contributed by atoms with Crippen molar-refractivity contribution in [1.82, 2.24) is 14.9 Å². The summed E-state index contributed by atoms with van der Waals surface area (Å²) >= 11 is 1.33. The molecule has 2 atom stereocenters. The highest BCUT2D eigenvalue weighted by molar-refractivity contribution is 7.03. The summed E-state index contributed by atoms with van der Waals surface area (Å²) < 4.78 is 3.86. The van der Waals surface area contributed by atoms with E-state index < -0.39 is 0 Å². The first kappa shape index (κ1) is 16.1. The molecule has 1 saturated heterocycles. The van der Waals surface area contributed by atoms with E-state index in [1.807, 2.05) is 29.6 Å². The van der Waals surface area contributed by atoms with Gasteiger partial charge in [0.15, 0.2) is 0 Å². The number of carbonyl (C=O) groups excluding carboxylic acids is 1. The van der Waals surface area contributed by atoms with Crippen LogP contribution in [0.1, 0.15) is 26.2 Å². The SMILES string of the molecule is C[C@@H](CC(=O)Nc1ccc(-c2csnn2)cc1)[C@H]1CCCNC1. The molecule has 1 aromatic carbocycles. The van der Waals surface area contributed by atoms with Crippen LogP contribution in [0.5, 0.6) is 0 Å². The summed E-state index contributed by atoms with van der Waals surface area (Å²) in [7, 11) is 0. The van der Waals surface area contributed by atoms with Crippen LogP contribution in [0.25, 0.3) is 11.3 Å². The molecule has 1 amide bonds. The van der Waals surface area contributed by atoms with E-state index in [1.54, 1.807) is 0 Å². The largest absolute Gasteiger partial charge is 0.326 e. The zero-order chi connectivity index (χ0) is 16.1. The molecule has 1 fully saturated rings. The van der Waals surface area contributed by atoms with Crippen LogP contribution in [0.2, 0.25) is 0 Å². The second kappa shape index (κ2) is 7.66. The van der Waals surface area contributed by atoms with Crippen LogP contribution in [0.3, 0.4) is 0 Å². The predicted molar refractivity (Wildman–Crippen MR) is 93.3 cm³/mol. The molecule has 23 heavy (non-hydrogen) atoms. The molecule has 122 valence electrons. The van der Waals surface area contributed by atoms with Gasteiger partial charge in [-0.2, -0.15) is 0 Å². The first-order chi connectivity index (χ1) is 11.2. The Balaban J connectivity index is 1.53. The van der Waals surface area contributed by atoms with Gasteiger partial charge >= 0.3 is 0 Å². The van der Waals surface area contributed by atoms with Crippen molar-refractivity contribution in [3.05, 3.63) is 29.6 Å². The number of aromatic nitrogens is 2. The lowest BCUT2D eigenvalue weighted by atomic mass is 9.85. The van der Waals surface area contributed by atoms with Gasteiger partial charge in [0.1, 0.15) is 5.69 Å². The summed E-state index contributed by atoms with van der Waals surface area (Å²) in [5.74, 6) is 1.10. The zero-order valence-electron chi connectivity index (χ0n) is 13.3. The minimum absolute atomic E-state index is 0.0890. The quantitative estimate of drug-likeness (QED) is 0.884. The van der Waals surface area contributed by atoms with Crippen molar-refractivity contribution in [2.45, 2.75) is 26.2 Å². The molecule has 5 nitrogen and oxygen atoms in total. The third-order valence-corrected chi connectivity index (χ3v) is 4.98. The predicted octanol–water partition coefficient (Wildman–Crippen LogP) is 3.17. The molecule has 0 aliphatic carbocycles.